The highest BCUT2D eigenvalue weighted by Gasteiger charge is 2.05. The largest absolute Gasteiger partial charge is 0.331 e. The van der Waals surface area contributed by atoms with Crippen molar-refractivity contribution in [2.45, 2.75) is 20.4 Å². The highest BCUT2D eigenvalue weighted by Crippen LogP contribution is 2.17. The van der Waals surface area contributed by atoms with Crippen molar-refractivity contribution in [2.24, 2.45) is 0 Å². The number of rotatable bonds is 2. The van der Waals surface area contributed by atoms with Crippen LogP contribution < -0.4 is 0 Å². The summed E-state index contributed by atoms with van der Waals surface area (Å²) in [7, 11) is 0. The van der Waals surface area contributed by atoms with Crippen molar-refractivity contribution in [2.75, 3.05) is 0 Å². The van der Waals surface area contributed by atoms with Crippen LogP contribution in [0.25, 0.3) is 11.0 Å². The van der Waals surface area contributed by atoms with Gasteiger partial charge < -0.3 is 9.55 Å². The molecule has 0 spiro atoms. The lowest BCUT2D eigenvalue weighted by Crippen LogP contribution is -2.00. The first kappa shape index (κ1) is 12.1. The molecule has 0 radical (unpaired) electrons. The van der Waals surface area contributed by atoms with Gasteiger partial charge in [0, 0.05) is 11.9 Å². The number of hydrogen-bond donors (Lipinski definition) is 1. The number of nitrogens with zero attached hydrogens (tertiary/aromatic N) is 2. The Labute approximate surface area is 116 Å². The van der Waals surface area contributed by atoms with Crippen LogP contribution in [-0.4, -0.2) is 14.5 Å². The SMILES string of the molecule is Cc1ccc2c(c1)[nH]c(=S)n2Cc1ccc(C)nc1. The summed E-state index contributed by atoms with van der Waals surface area (Å²) in [6.07, 6.45) is 1.91. The standard InChI is InChI=1S/C15H15N3S/c1-10-3-6-14-13(7-10)17-15(19)18(14)9-12-5-4-11(2)16-8-12/h3-8H,9H2,1-2H3,(H,17,19). The number of aromatic amines is 1. The summed E-state index contributed by atoms with van der Waals surface area (Å²) >= 11 is 5.41. The van der Waals surface area contributed by atoms with Crippen LogP contribution in [0.4, 0.5) is 0 Å². The number of imidazole rings is 1. The molecule has 19 heavy (non-hydrogen) atoms. The third-order valence-electron chi connectivity index (χ3n) is 3.24. The lowest BCUT2D eigenvalue weighted by atomic mass is 10.2. The van der Waals surface area contributed by atoms with Crippen LogP contribution in [0, 0.1) is 18.6 Å². The van der Waals surface area contributed by atoms with E-state index in [4.69, 9.17) is 12.2 Å². The van der Waals surface area contributed by atoms with Crippen molar-refractivity contribution in [3.8, 4) is 0 Å². The molecule has 4 heteroatoms. The molecule has 3 nitrogen and oxygen atoms in total. The van der Waals surface area contributed by atoms with Gasteiger partial charge in [-0.3, -0.25) is 4.98 Å². The molecule has 0 saturated heterocycles. The lowest BCUT2D eigenvalue weighted by molar-refractivity contribution is 0.805. The first-order valence-corrected chi connectivity index (χ1v) is 6.65. The zero-order valence-corrected chi connectivity index (χ0v) is 11.8. The van der Waals surface area contributed by atoms with E-state index in [-0.39, 0.29) is 0 Å². The lowest BCUT2D eigenvalue weighted by Gasteiger charge is -2.05. The quantitative estimate of drug-likeness (QED) is 0.719. The third kappa shape index (κ3) is 2.31. The van der Waals surface area contributed by atoms with Gasteiger partial charge in [0.15, 0.2) is 4.77 Å². The summed E-state index contributed by atoms with van der Waals surface area (Å²) in [6.45, 7) is 4.82. The van der Waals surface area contributed by atoms with Crippen LogP contribution in [0.5, 0.6) is 0 Å². The smallest absolute Gasteiger partial charge is 0.178 e. The Morgan fingerprint density at radius 3 is 2.79 bits per heavy atom. The van der Waals surface area contributed by atoms with Gasteiger partial charge in [0.05, 0.1) is 17.6 Å². The van der Waals surface area contributed by atoms with Crippen molar-refractivity contribution < 1.29 is 0 Å². The highest BCUT2D eigenvalue weighted by atomic mass is 32.1. The van der Waals surface area contributed by atoms with E-state index in [1.165, 1.54) is 5.56 Å². The van der Waals surface area contributed by atoms with Crippen LogP contribution >= 0.6 is 12.2 Å². The molecule has 2 aromatic heterocycles. The van der Waals surface area contributed by atoms with Gasteiger partial charge in [0.25, 0.3) is 0 Å². The molecule has 0 bridgehead atoms. The van der Waals surface area contributed by atoms with Crippen LogP contribution in [0.1, 0.15) is 16.8 Å². The molecule has 0 amide bonds. The number of hydrogen-bond acceptors (Lipinski definition) is 2. The molecule has 0 atom stereocenters. The van der Waals surface area contributed by atoms with Crippen LogP contribution in [-0.2, 0) is 6.54 Å². The first-order valence-electron chi connectivity index (χ1n) is 6.24. The van der Waals surface area contributed by atoms with Crippen molar-refractivity contribution in [3.05, 3.63) is 58.1 Å². The molecule has 0 aliphatic carbocycles. The normalized spacial score (nSPS) is 11.1. The first-order chi connectivity index (χ1) is 9.13. The Hall–Kier alpha value is -1.94. The molecule has 3 aromatic rings. The van der Waals surface area contributed by atoms with E-state index in [2.05, 4.69) is 45.7 Å². The minimum atomic E-state index is 0.745. The average molecular weight is 269 g/mol. The number of nitrogens with one attached hydrogen (secondary N) is 1. The molecule has 1 N–H and O–H groups in total. The molecular weight excluding hydrogens is 254 g/mol. The Kier molecular flexibility index (Phi) is 2.95. The second-order valence-corrected chi connectivity index (χ2v) is 5.23. The maximum Gasteiger partial charge on any atom is 0.178 e. The van der Waals surface area contributed by atoms with Gasteiger partial charge >= 0.3 is 0 Å². The third-order valence-corrected chi connectivity index (χ3v) is 3.57. The number of benzene rings is 1. The van der Waals surface area contributed by atoms with E-state index < -0.39 is 0 Å². The van der Waals surface area contributed by atoms with E-state index in [1.807, 2.05) is 19.2 Å². The predicted molar refractivity (Wildman–Crippen MR) is 79.9 cm³/mol. The fourth-order valence-corrected chi connectivity index (χ4v) is 2.48. The molecule has 0 saturated carbocycles. The van der Waals surface area contributed by atoms with Crippen molar-refractivity contribution >= 4 is 23.3 Å². The van der Waals surface area contributed by atoms with Crippen LogP contribution in [0.15, 0.2) is 36.5 Å². The zero-order chi connectivity index (χ0) is 13.4. The Bertz CT molecular complexity index is 781. The van der Waals surface area contributed by atoms with Crippen molar-refractivity contribution in [3.63, 3.8) is 0 Å². The maximum atomic E-state index is 5.41. The van der Waals surface area contributed by atoms with Gasteiger partial charge in [0.1, 0.15) is 0 Å². The molecule has 0 aliphatic heterocycles. The minimum Gasteiger partial charge on any atom is -0.331 e. The van der Waals surface area contributed by atoms with E-state index in [1.54, 1.807) is 0 Å². The van der Waals surface area contributed by atoms with E-state index in [0.29, 0.717) is 0 Å². The molecule has 1 aromatic carbocycles. The fourth-order valence-electron chi connectivity index (χ4n) is 2.21. The van der Waals surface area contributed by atoms with Gasteiger partial charge in [-0.15, -0.1) is 0 Å². The van der Waals surface area contributed by atoms with Crippen molar-refractivity contribution in [1.82, 2.24) is 14.5 Å². The molecule has 2 heterocycles. The topological polar surface area (TPSA) is 33.6 Å². The minimum absolute atomic E-state index is 0.745. The fraction of sp³-hybridized carbons (Fsp3) is 0.200. The summed E-state index contributed by atoms with van der Waals surface area (Å²) in [4.78, 5) is 7.58. The monoisotopic (exact) mass is 269 g/mol. The van der Waals surface area contributed by atoms with E-state index in [9.17, 15) is 0 Å². The average Bonchev–Trinajstić information content (AvgIpc) is 2.68. The van der Waals surface area contributed by atoms with Gasteiger partial charge in [-0.2, -0.15) is 0 Å². The molecular formula is C15H15N3S. The maximum absolute atomic E-state index is 5.41. The van der Waals surface area contributed by atoms with Gasteiger partial charge in [-0.25, -0.2) is 0 Å². The highest BCUT2D eigenvalue weighted by molar-refractivity contribution is 7.71. The number of aryl methyl sites for hydroxylation is 2. The van der Waals surface area contributed by atoms with Gasteiger partial charge in [0.2, 0.25) is 0 Å². The van der Waals surface area contributed by atoms with Gasteiger partial charge in [-0.05, 0) is 55.4 Å². The van der Waals surface area contributed by atoms with Gasteiger partial charge in [-0.1, -0.05) is 12.1 Å². The van der Waals surface area contributed by atoms with E-state index in [0.717, 1.165) is 33.6 Å². The number of fused-ring (bicyclic) bond motifs is 1. The Balaban J connectivity index is 2.07. The summed E-state index contributed by atoms with van der Waals surface area (Å²) in [5.41, 5.74) is 5.64. The predicted octanol–water partition coefficient (Wildman–Crippen LogP) is 3.76. The molecule has 0 unspecified atom stereocenters. The van der Waals surface area contributed by atoms with E-state index >= 15 is 0 Å². The van der Waals surface area contributed by atoms with Crippen LogP contribution in [0.2, 0.25) is 0 Å². The number of aromatic nitrogens is 3. The van der Waals surface area contributed by atoms with Crippen LogP contribution in [0.3, 0.4) is 0 Å². The second kappa shape index (κ2) is 4.63. The number of H-pyrrole nitrogens is 1. The summed E-state index contributed by atoms with van der Waals surface area (Å²) in [5, 5.41) is 0. The summed E-state index contributed by atoms with van der Waals surface area (Å²) in [6, 6.07) is 10.5. The molecule has 96 valence electrons. The zero-order valence-electron chi connectivity index (χ0n) is 11.0. The van der Waals surface area contributed by atoms with Crippen molar-refractivity contribution in [1.29, 1.82) is 0 Å². The Morgan fingerprint density at radius 1 is 1.21 bits per heavy atom. The molecule has 3 rings (SSSR count). The molecule has 0 aliphatic rings. The second-order valence-electron chi connectivity index (χ2n) is 4.84. The summed E-state index contributed by atoms with van der Waals surface area (Å²) < 4.78 is 2.86. The summed E-state index contributed by atoms with van der Waals surface area (Å²) in [5.74, 6) is 0. The molecule has 0 fully saturated rings. The Morgan fingerprint density at radius 2 is 2.05 bits per heavy atom. The number of pyridine rings is 1.